The van der Waals surface area contributed by atoms with Crippen molar-refractivity contribution < 1.29 is 0 Å². The summed E-state index contributed by atoms with van der Waals surface area (Å²) in [7, 11) is 0. The number of hydrogen-bond donors (Lipinski definition) is 0. The Kier molecular flexibility index (Phi) is 2.80. The Hall–Kier alpha value is -2.07. The molecule has 0 spiro atoms. The minimum absolute atomic E-state index is 0.943. The molecule has 1 nitrogen and oxygen atoms in total. The molecule has 0 unspecified atom stereocenters. The minimum atomic E-state index is 0.943. The van der Waals surface area contributed by atoms with E-state index in [1.165, 1.54) is 5.56 Å². The first kappa shape index (κ1) is 9.48. The van der Waals surface area contributed by atoms with Crippen molar-refractivity contribution >= 4 is 5.69 Å². The normalized spacial score (nSPS) is 9.13. The van der Waals surface area contributed by atoms with Crippen molar-refractivity contribution in [1.29, 1.82) is 0 Å². The molecule has 0 amide bonds. The van der Waals surface area contributed by atoms with Crippen molar-refractivity contribution in [3.63, 3.8) is 0 Å². The molecule has 0 saturated carbocycles. The van der Waals surface area contributed by atoms with E-state index in [0.29, 0.717) is 0 Å². The summed E-state index contributed by atoms with van der Waals surface area (Å²) in [4.78, 5) is 4.29. The predicted molar refractivity (Wildman–Crippen MR) is 63.6 cm³/mol. The van der Waals surface area contributed by atoms with E-state index in [9.17, 15) is 0 Å². The maximum atomic E-state index is 4.29. The molecular weight excluding hydrogens is 182 g/mol. The molecule has 72 valence electrons. The third-order valence-electron chi connectivity index (χ3n) is 2.09. The molecule has 0 aliphatic rings. The maximum absolute atomic E-state index is 4.29. The van der Waals surface area contributed by atoms with Crippen LogP contribution >= 0.6 is 0 Å². The molecule has 0 heterocycles. The second-order valence-corrected chi connectivity index (χ2v) is 3.43. The van der Waals surface area contributed by atoms with E-state index in [4.69, 9.17) is 0 Å². The fourth-order valence-corrected chi connectivity index (χ4v) is 1.34. The smallest absolute Gasteiger partial charge is 0.0622 e. The third kappa shape index (κ3) is 2.69. The molecule has 0 saturated heterocycles. The van der Waals surface area contributed by atoms with Crippen molar-refractivity contribution in [2.24, 2.45) is 0 Å². The first-order chi connectivity index (χ1) is 7.34. The lowest BCUT2D eigenvalue weighted by Gasteiger charge is -1.83. The third-order valence-corrected chi connectivity index (χ3v) is 2.09. The van der Waals surface area contributed by atoms with Crippen molar-refractivity contribution in [3.8, 4) is 6.07 Å². The summed E-state index contributed by atoms with van der Waals surface area (Å²) in [5, 5.41) is 0. The van der Waals surface area contributed by atoms with Crippen LogP contribution in [0.1, 0.15) is 11.1 Å². The molecule has 2 rings (SSSR count). The molecule has 0 N–H and O–H groups in total. The SMILES string of the molecule is Cc1cccc([N+]#Cc2ccccc2)c1. The minimum Gasteiger partial charge on any atom is -0.0622 e. The van der Waals surface area contributed by atoms with Crippen LogP contribution in [0.3, 0.4) is 0 Å². The summed E-state index contributed by atoms with van der Waals surface area (Å²) in [6.07, 6.45) is 0. The van der Waals surface area contributed by atoms with Crippen LogP contribution in [0.5, 0.6) is 0 Å². The monoisotopic (exact) mass is 194 g/mol. The zero-order valence-corrected chi connectivity index (χ0v) is 8.64. The van der Waals surface area contributed by atoms with Crippen LogP contribution in [0.4, 0.5) is 5.69 Å². The highest BCUT2D eigenvalue weighted by Crippen LogP contribution is 2.13. The molecule has 2 aromatic carbocycles. The fraction of sp³-hybridized carbons (Fsp3) is 0.0714. The molecule has 0 radical (unpaired) electrons. The standard InChI is InChI=1S/C14H12N/c1-12-6-5-9-14(10-12)15-11-13-7-3-2-4-8-13/h2-10H,1H3/q+1. The first-order valence-corrected chi connectivity index (χ1v) is 4.93. The van der Waals surface area contributed by atoms with Crippen LogP contribution in [0.2, 0.25) is 0 Å². The molecular formula is C14H12N+. The van der Waals surface area contributed by atoms with Gasteiger partial charge in [-0.05, 0) is 29.5 Å². The van der Waals surface area contributed by atoms with Crippen molar-refractivity contribution in [2.45, 2.75) is 6.92 Å². The molecule has 2 aromatic rings. The van der Waals surface area contributed by atoms with Gasteiger partial charge in [-0.25, -0.2) is 0 Å². The maximum Gasteiger partial charge on any atom is 0.340 e. The van der Waals surface area contributed by atoms with Gasteiger partial charge in [0.15, 0.2) is 0 Å². The first-order valence-electron chi connectivity index (χ1n) is 4.93. The topological polar surface area (TPSA) is 4.36 Å². The molecule has 0 bridgehead atoms. The van der Waals surface area contributed by atoms with Crippen molar-refractivity contribution in [3.05, 3.63) is 70.6 Å². The van der Waals surface area contributed by atoms with Gasteiger partial charge < -0.3 is 0 Å². The van der Waals surface area contributed by atoms with Gasteiger partial charge in [-0.15, -0.1) is 0 Å². The zero-order chi connectivity index (χ0) is 10.5. The van der Waals surface area contributed by atoms with Crippen LogP contribution in [-0.2, 0) is 0 Å². The lowest BCUT2D eigenvalue weighted by Crippen LogP contribution is -1.70. The fourth-order valence-electron chi connectivity index (χ4n) is 1.34. The lowest BCUT2D eigenvalue weighted by atomic mass is 10.2. The molecule has 15 heavy (non-hydrogen) atoms. The highest BCUT2D eigenvalue weighted by Gasteiger charge is 1.99. The lowest BCUT2D eigenvalue weighted by molar-refractivity contribution is 1.48. The number of rotatable bonds is 0. The summed E-state index contributed by atoms with van der Waals surface area (Å²) in [5.41, 5.74) is 3.16. The number of nitrogens with zero attached hydrogens (tertiary/aromatic N) is 1. The van der Waals surface area contributed by atoms with E-state index in [1.807, 2.05) is 48.5 Å². The molecule has 1 heteroatoms. The highest BCUT2D eigenvalue weighted by atomic mass is 14.7. The van der Waals surface area contributed by atoms with Crippen LogP contribution < -0.4 is 0 Å². The van der Waals surface area contributed by atoms with Gasteiger partial charge in [-0.1, -0.05) is 30.3 Å². The van der Waals surface area contributed by atoms with Crippen LogP contribution in [0.25, 0.3) is 4.85 Å². The van der Waals surface area contributed by atoms with Crippen molar-refractivity contribution in [1.82, 2.24) is 0 Å². The van der Waals surface area contributed by atoms with Gasteiger partial charge in [0.05, 0.1) is 0 Å². The second kappa shape index (κ2) is 4.43. The van der Waals surface area contributed by atoms with Gasteiger partial charge in [-0.3, -0.25) is 0 Å². The van der Waals surface area contributed by atoms with E-state index in [1.54, 1.807) is 0 Å². The van der Waals surface area contributed by atoms with Crippen LogP contribution in [0, 0.1) is 13.0 Å². The number of hydrogen-bond acceptors (Lipinski definition) is 0. The predicted octanol–water partition coefficient (Wildman–Crippen LogP) is 4.01. The Morgan fingerprint density at radius 1 is 0.933 bits per heavy atom. The van der Waals surface area contributed by atoms with Gasteiger partial charge in [-0.2, -0.15) is 0 Å². The van der Waals surface area contributed by atoms with Gasteiger partial charge in [0.1, 0.15) is 5.56 Å². The van der Waals surface area contributed by atoms with E-state index in [2.05, 4.69) is 23.9 Å². The van der Waals surface area contributed by atoms with E-state index < -0.39 is 0 Å². The van der Waals surface area contributed by atoms with E-state index >= 15 is 0 Å². The Balaban J connectivity index is 2.26. The Bertz CT molecular complexity index is 504. The quantitative estimate of drug-likeness (QED) is 0.597. The van der Waals surface area contributed by atoms with E-state index in [0.717, 1.165) is 11.3 Å². The summed E-state index contributed by atoms with van der Waals surface area (Å²) < 4.78 is 0. The largest absolute Gasteiger partial charge is 0.340 e. The Morgan fingerprint density at radius 2 is 1.73 bits per heavy atom. The van der Waals surface area contributed by atoms with Crippen LogP contribution in [0.15, 0.2) is 54.6 Å². The molecule has 0 aromatic heterocycles. The summed E-state index contributed by atoms with van der Waals surface area (Å²) in [6.45, 7) is 2.06. The van der Waals surface area contributed by atoms with Gasteiger partial charge in [0.2, 0.25) is 0 Å². The average Bonchev–Trinajstić information content (AvgIpc) is 2.28. The van der Waals surface area contributed by atoms with Gasteiger partial charge >= 0.3 is 11.8 Å². The molecule has 0 aliphatic carbocycles. The molecule has 0 fully saturated rings. The summed E-state index contributed by atoms with van der Waals surface area (Å²) >= 11 is 0. The Labute approximate surface area is 89.8 Å². The average molecular weight is 194 g/mol. The molecule has 0 aliphatic heterocycles. The second-order valence-electron chi connectivity index (χ2n) is 3.43. The highest BCUT2D eigenvalue weighted by molar-refractivity contribution is 5.50. The number of benzene rings is 2. The van der Waals surface area contributed by atoms with Gasteiger partial charge in [0.25, 0.3) is 0 Å². The van der Waals surface area contributed by atoms with Crippen LogP contribution in [-0.4, -0.2) is 0 Å². The summed E-state index contributed by atoms with van der Waals surface area (Å²) in [6, 6.07) is 21.0. The van der Waals surface area contributed by atoms with Gasteiger partial charge in [0, 0.05) is 12.1 Å². The van der Waals surface area contributed by atoms with Crippen molar-refractivity contribution in [2.75, 3.05) is 0 Å². The summed E-state index contributed by atoms with van der Waals surface area (Å²) in [5.74, 6) is 0. The van der Waals surface area contributed by atoms with E-state index in [-0.39, 0.29) is 0 Å². The zero-order valence-electron chi connectivity index (χ0n) is 8.64. The number of aryl methyl sites for hydroxylation is 1. The molecule has 0 atom stereocenters. The Morgan fingerprint density at radius 3 is 2.47 bits per heavy atom.